The third-order valence-electron chi connectivity index (χ3n) is 4.38. The number of hydrogen-bond donors (Lipinski definition) is 2. The fourth-order valence-corrected chi connectivity index (χ4v) is 2.93. The number of furan rings is 1. The first-order chi connectivity index (χ1) is 11.8. The highest BCUT2D eigenvalue weighted by Gasteiger charge is 2.19. The van der Waals surface area contributed by atoms with Gasteiger partial charge in [-0.2, -0.15) is 0 Å². The molecule has 0 aliphatic carbocycles. The summed E-state index contributed by atoms with van der Waals surface area (Å²) in [5.41, 5.74) is 0. The summed E-state index contributed by atoms with van der Waals surface area (Å²) >= 11 is 0. The van der Waals surface area contributed by atoms with Crippen molar-refractivity contribution in [3.8, 4) is 0 Å². The van der Waals surface area contributed by atoms with Gasteiger partial charge in [-0.25, -0.2) is 0 Å². The Balaban J connectivity index is 1.76. The molecule has 1 aliphatic rings. The predicted octanol–water partition coefficient (Wildman–Crippen LogP) is 2.81. The lowest BCUT2D eigenvalue weighted by Gasteiger charge is -2.33. The highest BCUT2D eigenvalue weighted by atomic mass is 16.3. The maximum Gasteiger partial charge on any atom is 0.191 e. The van der Waals surface area contributed by atoms with Gasteiger partial charge in [-0.05, 0) is 37.9 Å². The molecule has 0 aromatic carbocycles. The molecule has 24 heavy (non-hydrogen) atoms. The normalized spacial score (nSPS) is 17.0. The second-order valence-electron chi connectivity index (χ2n) is 6.34. The Hall–Kier alpha value is -1.75. The lowest BCUT2D eigenvalue weighted by atomic mass is 10.0. The lowest BCUT2D eigenvalue weighted by Crippen LogP contribution is -2.49. The van der Waals surface area contributed by atoms with E-state index in [0.717, 1.165) is 31.2 Å². The van der Waals surface area contributed by atoms with Gasteiger partial charge < -0.3 is 20.0 Å². The minimum atomic E-state index is 0.502. The minimum absolute atomic E-state index is 0.502. The number of rotatable bonds is 9. The van der Waals surface area contributed by atoms with Crippen molar-refractivity contribution < 1.29 is 4.42 Å². The third-order valence-corrected chi connectivity index (χ3v) is 4.38. The van der Waals surface area contributed by atoms with Gasteiger partial charge in [0.1, 0.15) is 5.76 Å². The van der Waals surface area contributed by atoms with Crippen LogP contribution in [0.4, 0.5) is 0 Å². The summed E-state index contributed by atoms with van der Waals surface area (Å²) in [6.45, 7) is 11.1. The van der Waals surface area contributed by atoms with Crippen LogP contribution in [-0.2, 0) is 6.42 Å². The molecular formula is C19H32N4O. The second-order valence-corrected chi connectivity index (χ2v) is 6.34. The Morgan fingerprint density at radius 3 is 2.96 bits per heavy atom. The van der Waals surface area contributed by atoms with Crippen LogP contribution < -0.4 is 10.6 Å². The Labute approximate surface area is 146 Å². The van der Waals surface area contributed by atoms with Gasteiger partial charge in [-0.1, -0.05) is 19.4 Å². The third kappa shape index (κ3) is 6.79. The van der Waals surface area contributed by atoms with E-state index in [-0.39, 0.29) is 0 Å². The van der Waals surface area contributed by atoms with Crippen molar-refractivity contribution in [2.75, 3.05) is 32.7 Å². The number of likely N-dealkylation sites (tertiary alicyclic amines) is 1. The Morgan fingerprint density at radius 1 is 1.46 bits per heavy atom. The van der Waals surface area contributed by atoms with E-state index in [9.17, 15) is 0 Å². The van der Waals surface area contributed by atoms with Gasteiger partial charge in [0.25, 0.3) is 0 Å². The van der Waals surface area contributed by atoms with Crippen molar-refractivity contribution in [1.29, 1.82) is 0 Å². The summed E-state index contributed by atoms with van der Waals surface area (Å²) in [7, 11) is 0. The Morgan fingerprint density at radius 2 is 2.29 bits per heavy atom. The van der Waals surface area contributed by atoms with Crippen molar-refractivity contribution in [1.82, 2.24) is 15.5 Å². The zero-order chi connectivity index (χ0) is 17.0. The molecule has 5 heteroatoms. The van der Waals surface area contributed by atoms with Crippen LogP contribution in [0.2, 0.25) is 0 Å². The Bertz CT molecular complexity index is 476. The lowest BCUT2D eigenvalue weighted by molar-refractivity contribution is 0.203. The average Bonchev–Trinajstić information content (AvgIpc) is 3.12. The van der Waals surface area contributed by atoms with Gasteiger partial charge in [0.05, 0.1) is 6.26 Å². The first-order valence-electron chi connectivity index (χ1n) is 9.22. The molecule has 0 atom stereocenters. The van der Waals surface area contributed by atoms with E-state index in [1.54, 1.807) is 6.26 Å². The van der Waals surface area contributed by atoms with Crippen LogP contribution in [0, 0.1) is 0 Å². The molecule has 0 radical (unpaired) electrons. The monoisotopic (exact) mass is 332 g/mol. The Kier molecular flexibility index (Phi) is 8.46. The molecule has 1 aromatic heterocycles. The smallest absolute Gasteiger partial charge is 0.191 e. The number of piperidine rings is 1. The van der Waals surface area contributed by atoms with Crippen LogP contribution in [0.3, 0.4) is 0 Å². The van der Waals surface area contributed by atoms with E-state index in [4.69, 9.17) is 4.42 Å². The van der Waals surface area contributed by atoms with Gasteiger partial charge in [0.2, 0.25) is 0 Å². The molecule has 2 rings (SSSR count). The summed E-state index contributed by atoms with van der Waals surface area (Å²) in [5.74, 6) is 1.86. The molecule has 0 bridgehead atoms. The minimum Gasteiger partial charge on any atom is -0.469 e. The molecule has 1 aromatic rings. The number of nitrogens with zero attached hydrogens (tertiary/aromatic N) is 2. The fraction of sp³-hybridized carbons (Fsp3) is 0.632. The van der Waals surface area contributed by atoms with Gasteiger partial charge in [0, 0.05) is 38.6 Å². The summed E-state index contributed by atoms with van der Waals surface area (Å²) in [4.78, 5) is 7.25. The highest BCUT2D eigenvalue weighted by Crippen LogP contribution is 2.11. The standard InChI is InChI=1S/C19H32N4O/c1-3-5-13-23-14-9-17(10-15-23)22-19(20-11-4-2)21-12-8-18-7-6-16-24-18/h4,6-7,16-17H,2-3,5,8-15H2,1H3,(H2,20,21,22). The van der Waals surface area contributed by atoms with Crippen molar-refractivity contribution >= 4 is 5.96 Å². The number of unbranched alkanes of at least 4 members (excludes halogenated alkanes) is 1. The molecule has 5 nitrogen and oxygen atoms in total. The van der Waals surface area contributed by atoms with E-state index in [2.05, 4.69) is 34.0 Å². The molecule has 0 saturated carbocycles. The summed E-state index contributed by atoms with van der Waals surface area (Å²) in [5, 5.41) is 6.90. The number of guanidine groups is 1. The maximum absolute atomic E-state index is 5.36. The van der Waals surface area contributed by atoms with E-state index in [1.807, 2.05) is 18.2 Å². The highest BCUT2D eigenvalue weighted by molar-refractivity contribution is 5.80. The molecule has 1 saturated heterocycles. The maximum atomic E-state index is 5.36. The van der Waals surface area contributed by atoms with Crippen LogP contribution in [-0.4, -0.2) is 49.6 Å². The van der Waals surface area contributed by atoms with Crippen LogP contribution in [0.5, 0.6) is 0 Å². The van der Waals surface area contributed by atoms with E-state index in [1.165, 1.54) is 45.3 Å². The molecule has 0 amide bonds. The predicted molar refractivity (Wildman–Crippen MR) is 100 cm³/mol. The molecule has 134 valence electrons. The van der Waals surface area contributed by atoms with Gasteiger partial charge in [0.15, 0.2) is 5.96 Å². The van der Waals surface area contributed by atoms with Gasteiger partial charge >= 0.3 is 0 Å². The summed E-state index contributed by atoms with van der Waals surface area (Å²) in [6, 6.07) is 4.41. The fourth-order valence-electron chi connectivity index (χ4n) is 2.93. The number of hydrogen-bond acceptors (Lipinski definition) is 3. The van der Waals surface area contributed by atoms with Crippen LogP contribution in [0.1, 0.15) is 38.4 Å². The van der Waals surface area contributed by atoms with Crippen LogP contribution >= 0.6 is 0 Å². The topological polar surface area (TPSA) is 52.8 Å². The average molecular weight is 332 g/mol. The number of nitrogens with one attached hydrogen (secondary N) is 2. The quantitative estimate of drug-likeness (QED) is 0.415. The van der Waals surface area contributed by atoms with Crippen LogP contribution in [0.25, 0.3) is 0 Å². The molecule has 0 unspecified atom stereocenters. The molecule has 2 heterocycles. The van der Waals surface area contributed by atoms with Crippen molar-refractivity contribution in [3.63, 3.8) is 0 Å². The first kappa shape index (κ1) is 18.6. The molecular weight excluding hydrogens is 300 g/mol. The van der Waals surface area contributed by atoms with E-state index < -0.39 is 0 Å². The van der Waals surface area contributed by atoms with Gasteiger partial charge in [-0.3, -0.25) is 4.99 Å². The zero-order valence-corrected chi connectivity index (χ0v) is 15.0. The summed E-state index contributed by atoms with van der Waals surface area (Å²) < 4.78 is 5.36. The van der Waals surface area contributed by atoms with Crippen molar-refractivity contribution in [2.24, 2.45) is 4.99 Å². The van der Waals surface area contributed by atoms with Crippen molar-refractivity contribution in [2.45, 2.75) is 45.1 Å². The molecule has 0 spiro atoms. The van der Waals surface area contributed by atoms with Crippen molar-refractivity contribution in [3.05, 3.63) is 36.8 Å². The summed E-state index contributed by atoms with van der Waals surface area (Å²) in [6.07, 6.45) is 9.32. The largest absolute Gasteiger partial charge is 0.469 e. The van der Waals surface area contributed by atoms with E-state index in [0.29, 0.717) is 6.04 Å². The first-order valence-corrected chi connectivity index (χ1v) is 9.22. The number of aliphatic imine (C=N–C) groups is 1. The van der Waals surface area contributed by atoms with E-state index >= 15 is 0 Å². The molecule has 2 N–H and O–H groups in total. The molecule has 1 aliphatic heterocycles. The SMILES string of the molecule is C=CCNC(=NCCc1ccco1)NC1CCN(CCCC)CC1. The van der Waals surface area contributed by atoms with Crippen LogP contribution in [0.15, 0.2) is 40.5 Å². The second kappa shape index (κ2) is 10.9. The zero-order valence-electron chi connectivity index (χ0n) is 15.0. The van der Waals surface area contributed by atoms with Gasteiger partial charge in [-0.15, -0.1) is 6.58 Å². The molecule has 1 fully saturated rings.